The summed E-state index contributed by atoms with van der Waals surface area (Å²) in [6.45, 7) is 3.92. The minimum Gasteiger partial charge on any atom is -0.340 e. The number of nitrogens with zero attached hydrogens (tertiary/aromatic N) is 2. The second kappa shape index (κ2) is 6.44. The first-order valence-corrected chi connectivity index (χ1v) is 7.30. The number of rotatable bonds is 4. The van der Waals surface area contributed by atoms with Gasteiger partial charge in [-0.2, -0.15) is 4.98 Å². The van der Waals surface area contributed by atoms with E-state index in [-0.39, 0.29) is 5.82 Å². The molecule has 2 aromatic carbocycles. The van der Waals surface area contributed by atoms with Crippen molar-refractivity contribution < 1.29 is 4.39 Å². The summed E-state index contributed by atoms with van der Waals surface area (Å²) in [5.41, 5.74) is 3.53. The zero-order valence-electron chi connectivity index (χ0n) is 13.0. The van der Waals surface area contributed by atoms with Crippen molar-refractivity contribution in [3.05, 3.63) is 71.7 Å². The van der Waals surface area contributed by atoms with E-state index < -0.39 is 0 Å². The fraction of sp³-hybridized carbons (Fsp3) is 0.111. The minimum absolute atomic E-state index is 0.293. The van der Waals surface area contributed by atoms with E-state index in [1.165, 1.54) is 12.1 Å². The van der Waals surface area contributed by atoms with Crippen LogP contribution in [-0.4, -0.2) is 9.97 Å². The lowest BCUT2D eigenvalue weighted by molar-refractivity contribution is 0.628. The summed E-state index contributed by atoms with van der Waals surface area (Å²) >= 11 is 0. The van der Waals surface area contributed by atoms with Crippen molar-refractivity contribution >= 4 is 23.1 Å². The Morgan fingerprint density at radius 2 is 1.57 bits per heavy atom. The van der Waals surface area contributed by atoms with Crippen LogP contribution in [0.1, 0.15) is 11.3 Å². The van der Waals surface area contributed by atoms with Crippen LogP contribution < -0.4 is 10.6 Å². The van der Waals surface area contributed by atoms with Gasteiger partial charge in [-0.3, -0.25) is 0 Å². The number of benzene rings is 2. The summed E-state index contributed by atoms with van der Waals surface area (Å²) in [4.78, 5) is 8.81. The minimum atomic E-state index is -0.293. The van der Waals surface area contributed by atoms with Crippen molar-refractivity contribution in [1.29, 1.82) is 0 Å². The van der Waals surface area contributed by atoms with Crippen molar-refractivity contribution in [2.45, 2.75) is 13.8 Å². The lowest BCUT2D eigenvalue weighted by Gasteiger charge is -2.10. The van der Waals surface area contributed by atoms with E-state index in [9.17, 15) is 4.39 Å². The van der Waals surface area contributed by atoms with E-state index >= 15 is 0 Å². The molecular formula is C18H17FN4. The Morgan fingerprint density at radius 3 is 2.30 bits per heavy atom. The zero-order valence-corrected chi connectivity index (χ0v) is 13.0. The molecule has 0 atom stereocenters. The molecule has 3 aromatic rings. The van der Waals surface area contributed by atoms with Crippen LogP contribution in [0.3, 0.4) is 0 Å². The smallest absolute Gasteiger partial charge is 0.229 e. The second-order valence-corrected chi connectivity index (χ2v) is 5.35. The first-order chi connectivity index (χ1) is 11.1. The molecule has 0 bridgehead atoms. The molecule has 3 rings (SSSR count). The normalized spacial score (nSPS) is 10.4. The third-order valence-corrected chi connectivity index (χ3v) is 3.23. The Morgan fingerprint density at radius 1 is 0.826 bits per heavy atom. The quantitative estimate of drug-likeness (QED) is 0.732. The van der Waals surface area contributed by atoms with E-state index in [1.807, 2.05) is 44.2 Å². The predicted molar refractivity (Wildman–Crippen MR) is 90.9 cm³/mol. The summed E-state index contributed by atoms with van der Waals surface area (Å²) in [5, 5.41) is 6.28. The van der Waals surface area contributed by atoms with Gasteiger partial charge >= 0.3 is 0 Å². The topological polar surface area (TPSA) is 49.8 Å². The summed E-state index contributed by atoms with van der Waals surface area (Å²) in [7, 11) is 0. The van der Waals surface area contributed by atoms with Gasteiger partial charge in [0.05, 0.1) is 0 Å². The van der Waals surface area contributed by atoms with Crippen molar-refractivity contribution in [1.82, 2.24) is 9.97 Å². The van der Waals surface area contributed by atoms with Gasteiger partial charge in [0.15, 0.2) is 0 Å². The Hall–Kier alpha value is -2.95. The average Bonchev–Trinajstić information content (AvgIpc) is 2.46. The van der Waals surface area contributed by atoms with Gasteiger partial charge in [-0.1, -0.05) is 18.2 Å². The highest BCUT2D eigenvalue weighted by Gasteiger charge is 2.04. The maximum absolute atomic E-state index is 13.3. The van der Waals surface area contributed by atoms with Crippen molar-refractivity contribution in [3.63, 3.8) is 0 Å². The molecule has 0 aliphatic heterocycles. The van der Waals surface area contributed by atoms with Crippen molar-refractivity contribution in [2.75, 3.05) is 10.6 Å². The third-order valence-electron chi connectivity index (χ3n) is 3.23. The monoisotopic (exact) mass is 308 g/mol. The van der Waals surface area contributed by atoms with Gasteiger partial charge in [-0.05, 0) is 49.7 Å². The number of nitrogens with one attached hydrogen (secondary N) is 2. The van der Waals surface area contributed by atoms with Crippen LogP contribution in [0.15, 0.2) is 54.6 Å². The summed E-state index contributed by atoms with van der Waals surface area (Å²) in [6.07, 6.45) is 0. The molecule has 0 aliphatic carbocycles. The molecule has 0 fully saturated rings. The number of anilines is 4. The zero-order chi connectivity index (χ0) is 16.2. The lowest BCUT2D eigenvalue weighted by atomic mass is 10.2. The van der Waals surface area contributed by atoms with Crippen LogP contribution in [0, 0.1) is 19.7 Å². The summed E-state index contributed by atoms with van der Waals surface area (Å²) in [5.74, 6) is 0.812. The Kier molecular flexibility index (Phi) is 4.19. The largest absolute Gasteiger partial charge is 0.340 e. The van der Waals surface area contributed by atoms with Gasteiger partial charge in [0.1, 0.15) is 11.6 Å². The fourth-order valence-corrected chi connectivity index (χ4v) is 2.25. The van der Waals surface area contributed by atoms with Gasteiger partial charge in [0.2, 0.25) is 5.95 Å². The molecule has 0 saturated heterocycles. The molecule has 0 spiro atoms. The summed E-state index contributed by atoms with van der Waals surface area (Å²) < 4.78 is 13.3. The first kappa shape index (κ1) is 15.0. The van der Waals surface area contributed by atoms with Gasteiger partial charge in [0.25, 0.3) is 0 Å². The highest BCUT2D eigenvalue weighted by molar-refractivity contribution is 5.60. The van der Waals surface area contributed by atoms with Gasteiger partial charge in [-0.15, -0.1) is 0 Å². The maximum Gasteiger partial charge on any atom is 0.229 e. The highest BCUT2D eigenvalue weighted by atomic mass is 19.1. The molecule has 23 heavy (non-hydrogen) atoms. The Bertz CT molecular complexity index is 767. The third kappa shape index (κ3) is 4.03. The molecule has 5 heteroatoms. The fourth-order valence-electron chi connectivity index (χ4n) is 2.25. The van der Waals surface area contributed by atoms with Crippen LogP contribution in [0.2, 0.25) is 0 Å². The highest BCUT2D eigenvalue weighted by Crippen LogP contribution is 2.20. The number of hydrogen-bond acceptors (Lipinski definition) is 4. The standard InChI is InChI=1S/C18H17FN4/c1-12-5-3-7-15(9-12)22-18-20-13(2)10-17(23-18)21-16-8-4-6-14(19)11-16/h3-11H,1-2H3,(H2,20,21,22,23). The van der Waals surface area contributed by atoms with E-state index in [4.69, 9.17) is 0 Å². The second-order valence-electron chi connectivity index (χ2n) is 5.35. The SMILES string of the molecule is Cc1cccc(Nc2nc(C)cc(Nc3cccc(F)c3)n2)c1. The molecule has 1 heterocycles. The van der Waals surface area contributed by atoms with E-state index in [2.05, 4.69) is 20.6 Å². The molecule has 0 saturated carbocycles. The molecule has 0 unspecified atom stereocenters. The number of aromatic nitrogens is 2. The molecule has 0 amide bonds. The van der Waals surface area contributed by atoms with Gasteiger partial charge in [0, 0.05) is 23.1 Å². The molecule has 0 aliphatic rings. The van der Waals surface area contributed by atoms with Gasteiger partial charge in [-0.25, -0.2) is 9.37 Å². The van der Waals surface area contributed by atoms with Crippen LogP contribution in [-0.2, 0) is 0 Å². The molecular weight excluding hydrogens is 291 g/mol. The maximum atomic E-state index is 13.3. The predicted octanol–water partition coefficient (Wildman–Crippen LogP) is 4.72. The first-order valence-electron chi connectivity index (χ1n) is 7.30. The molecule has 0 radical (unpaired) electrons. The molecule has 1 aromatic heterocycles. The Labute approximate surface area is 134 Å². The average molecular weight is 308 g/mol. The van der Waals surface area contributed by atoms with E-state index in [0.29, 0.717) is 17.5 Å². The van der Waals surface area contributed by atoms with Crippen LogP contribution in [0.25, 0.3) is 0 Å². The van der Waals surface area contributed by atoms with E-state index in [1.54, 1.807) is 12.1 Å². The van der Waals surface area contributed by atoms with Crippen LogP contribution in [0.4, 0.5) is 27.5 Å². The van der Waals surface area contributed by atoms with Crippen LogP contribution >= 0.6 is 0 Å². The van der Waals surface area contributed by atoms with E-state index in [0.717, 1.165) is 16.9 Å². The number of hydrogen-bond donors (Lipinski definition) is 2. The van der Waals surface area contributed by atoms with Crippen molar-refractivity contribution in [2.24, 2.45) is 0 Å². The Balaban J connectivity index is 1.84. The molecule has 2 N–H and O–H groups in total. The lowest BCUT2D eigenvalue weighted by Crippen LogP contribution is -2.02. The molecule has 116 valence electrons. The summed E-state index contributed by atoms with van der Waals surface area (Å²) in [6, 6.07) is 16.0. The number of halogens is 1. The van der Waals surface area contributed by atoms with Gasteiger partial charge < -0.3 is 10.6 Å². The number of aryl methyl sites for hydroxylation is 2. The van der Waals surface area contributed by atoms with Crippen molar-refractivity contribution in [3.8, 4) is 0 Å². The molecule has 4 nitrogen and oxygen atoms in total. The van der Waals surface area contributed by atoms with Crippen LogP contribution in [0.5, 0.6) is 0 Å².